The predicted octanol–water partition coefficient (Wildman–Crippen LogP) is 0.875. The van der Waals surface area contributed by atoms with Crippen LogP contribution >= 0.6 is 11.8 Å². The maximum absolute atomic E-state index is 13.0. The molecule has 2 aromatic heterocycles. The normalized spacial score (nSPS) is 17.6. The van der Waals surface area contributed by atoms with Crippen molar-refractivity contribution in [3.63, 3.8) is 0 Å². The molecule has 1 unspecified atom stereocenters. The van der Waals surface area contributed by atoms with Gasteiger partial charge in [-0.05, 0) is 38.1 Å². The van der Waals surface area contributed by atoms with Crippen LogP contribution in [0.25, 0.3) is 11.0 Å². The van der Waals surface area contributed by atoms with E-state index >= 15 is 0 Å². The van der Waals surface area contributed by atoms with Crippen LogP contribution in [0.1, 0.15) is 23.0 Å². The van der Waals surface area contributed by atoms with Crippen LogP contribution in [0.15, 0.2) is 64.7 Å². The fourth-order valence-corrected chi connectivity index (χ4v) is 5.98. The Labute approximate surface area is 243 Å². The van der Waals surface area contributed by atoms with E-state index in [2.05, 4.69) is 10.3 Å². The Morgan fingerprint density at radius 2 is 1.88 bits per heavy atom. The molecular formula is C28H28N4O9S. The highest BCUT2D eigenvalue weighted by Gasteiger charge is 2.54. The molecule has 5 rings (SSSR count). The first-order chi connectivity index (χ1) is 19.7. The summed E-state index contributed by atoms with van der Waals surface area (Å²) in [7, 11) is 0. The molecule has 3 aromatic rings. The minimum Gasteiger partial charge on any atom is -0.484 e. The molecule has 13 nitrogen and oxygen atoms in total. The largest absolute Gasteiger partial charge is 0.484 e. The lowest BCUT2D eigenvalue weighted by Crippen LogP contribution is -2.71. The summed E-state index contributed by atoms with van der Waals surface area (Å²) in [6.07, 6.45) is 1.38. The van der Waals surface area contributed by atoms with Gasteiger partial charge in [0.2, 0.25) is 5.43 Å². The number of carboxylic acids is 1. The summed E-state index contributed by atoms with van der Waals surface area (Å²) in [6, 6.07) is 11.1. The SMILES string of the molecule is CCn1cc(C(=O)OCC2=C(C(=O)O)N3C(=O)C(NC(=O)COc4ccccc4)[C@H]3SC2)c(=O)c2ccc(C)nc21.O. The molecule has 220 valence electrons. The number of carboxylic acid groups (broad SMARTS) is 1. The van der Waals surface area contributed by atoms with Gasteiger partial charge in [0.1, 0.15) is 40.7 Å². The monoisotopic (exact) mass is 596 g/mol. The van der Waals surface area contributed by atoms with Crippen LogP contribution in [0.2, 0.25) is 0 Å². The van der Waals surface area contributed by atoms with Gasteiger partial charge in [0.05, 0.1) is 5.39 Å². The zero-order chi connectivity index (χ0) is 29.3. The summed E-state index contributed by atoms with van der Waals surface area (Å²) >= 11 is 1.23. The van der Waals surface area contributed by atoms with Crippen molar-refractivity contribution in [1.29, 1.82) is 0 Å². The Morgan fingerprint density at radius 3 is 2.57 bits per heavy atom. The first kappa shape index (κ1) is 30.3. The molecule has 2 aliphatic heterocycles. The Bertz CT molecular complexity index is 1650. The average molecular weight is 597 g/mol. The molecule has 4 heterocycles. The van der Waals surface area contributed by atoms with Crippen LogP contribution in [0.3, 0.4) is 0 Å². The van der Waals surface area contributed by atoms with E-state index in [0.29, 0.717) is 17.9 Å². The molecule has 1 saturated heterocycles. The van der Waals surface area contributed by atoms with Crippen LogP contribution in [-0.4, -0.2) is 79.2 Å². The molecule has 0 aliphatic carbocycles. The third-order valence-corrected chi connectivity index (χ3v) is 8.02. The highest BCUT2D eigenvalue weighted by Crippen LogP contribution is 2.40. The van der Waals surface area contributed by atoms with E-state index < -0.39 is 47.2 Å². The minimum atomic E-state index is -1.37. The lowest BCUT2D eigenvalue weighted by Gasteiger charge is -2.49. The Hall–Kier alpha value is -4.69. The van der Waals surface area contributed by atoms with Gasteiger partial charge in [0.25, 0.3) is 11.8 Å². The van der Waals surface area contributed by atoms with Gasteiger partial charge in [-0.3, -0.25) is 19.3 Å². The number of esters is 1. The van der Waals surface area contributed by atoms with Crippen molar-refractivity contribution in [2.45, 2.75) is 31.8 Å². The molecule has 2 atom stereocenters. The quantitative estimate of drug-likeness (QED) is 0.265. The molecule has 2 amide bonds. The number of ether oxygens (including phenoxy) is 2. The van der Waals surface area contributed by atoms with Crippen molar-refractivity contribution >= 4 is 46.5 Å². The Morgan fingerprint density at radius 1 is 1.14 bits per heavy atom. The van der Waals surface area contributed by atoms with E-state index in [0.717, 1.165) is 10.6 Å². The van der Waals surface area contributed by atoms with Crippen molar-refractivity contribution in [1.82, 2.24) is 19.8 Å². The standard InChI is InChI=1S/C28H26N4O8S.H2O/c1-3-31-11-19(23(34)18-10-9-15(2)29-24(18)31)28(38)40-12-16-14-41-26-21(25(35)32(26)22(16)27(36)37)30-20(33)13-39-17-7-5-4-6-8-17;/h4-11,21,26H,3,12-14H2,1-2H3,(H,30,33)(H,36,37);1H2/t21?,26-;/m1./s1. The summed E-state index contributed by atoms with van der Waals surface area (Å²) in [6.45, 7) is 3.36. The number of β-lactam (4-membered cyclic amide) rings is 1. The molecule has 42 heavy (non-hydrogen) atoms. The molecule has 14 heteroatoms. The van der Waals surface area contributed by atoms with Crippen molar-refractivity contribution < 1.29 is 39.2 Å². The van der Waals surface area contributed by atoms with E-state index in [1.807, 2.05) is 13.0 Å². The second kappa shape index (κ2) is 12.4. The van der Waals surface area contributed by atoms with Crippen molar-refractivity contribution in [3.8, 4) is 5.75 Å². The van der Waals surface area contributed by atoms with Crippen molar-refractivity contribution in [2.75, 3.05) is 19.0 Å². The summed E-state index contributed by atoms with van der Waals surface area (Å²) in [4.78, 5) is 68.8. The molecule has 1 fully saturated rings. The summed E-state index contributed by atoms with van der Waals surface area (Å²) in [5, 5.41) is 12.1. The Balaban J connectivity index is 0.00000405. The number of fused-ring (bicyclic) bond motifs is 2. The second-order valence-electron chi connectivity index (χ2n) is 9.37. The zero-order valence-corrected chi connectivity index (χ0v) is 23.5. The molecule has 0 radical (unpaired) electrons. The number of benzene rings is 1. The van der Waals surface area contributed by atoms with E-state index in [1.165, 1.54) is 18.0 Å². The van der Waals surface area contributed by atoms with Gasteiger partial charge < -0.3 is 29.9 Å². The first-order valence-electron chi connectivity index (χ1n) is 12.7. The molecule has 4 N–H and O–H groups in total. The van der Waals surface area contributed by atoms with Gasteiger partial charge in [-0.25, -0.2) is 14.6 Å². The molecule has 0 spiro atoms. The third kappa shape index (κ3) is 5.71. The maximum Gasteiger partial charge on any atom is 0.352 e. The van der Waals surface area contributed by atoms with Crippen LogP contribution in [0, 0.1) is 6.92 Å². The number of carbonyl (C=O) groups excluding carboxylic acids is 3. The van der Waals surface area contributed by atoms with E-state index in [1.54, 1.807) is 47.9 Å². The van der Waals surface area contributed by atoms with E-state index in [4.69, 9.17) is 9.47 Å². The number of nitrogens with one attached hydrogen (secondary N) is 1. The minimum absolute atomic E-state index is 0. The number of hydrogen-bond donors (Lipinski definition) is 2. The number of nitrogens with zero attached hydrogens (tertiary/aromatic N) is 3. The molecule has 2 aliphatic rings. The number of hydrogen-bond acceptors (Lipinski definition) is 9. The number of rotatable bonds is 9. The van der Waals surface area contributed by atoms with Gasteiger partial charge in [0, 0.05) is 29.8 Å². The summed E-state index contributed by atoms with van der Waals surface area (Å²) in [5.74, 6) is -2.77. The number of aryl methyl sites for hydroxylation is 2. The fraction of sp³-hybridized carbons (Fsp3) is 0.286. The van der Waals surface area contributed by atoms with Crippen molar-refractivity contribution in [3.05, 3.63) is 81.4 Å². The summed E-state index contributed by atoms with van der Waals surface area (Å²) in [5.41, 5.74) is 0.320. The van der Waals surface area contributed by atoms with E-state index in [-0.39, 0.29) is 40.1 Å². The maximum atomic E-state index is 13.0. The summed E-state index contributed by atoms with van der Waals surface area (Å²) < 4.78 is 12.5. The number of aromatic nitrogens is 2. The first-order valence-corrected chi connectivity index (χ1v) is 13.8. The number of aliphatic carboxylic acids is 1. The van der Waals surface area contributed by atoms with Crippen LogP contribution < -0.4 is 15.5 Å². The Kier molecular flexibility index (Phi) is 8.97. The van der Waals surface area contributed by atoms with Crippen molar-refractivity contribution in [2.24, 2.45) is 0 Å². The second-order valence-corrected chi connectivity index (χ2v) is 10.5. The van der Waals surface area contributed by atoms with Crippen LogP contribution in [-0.2, 0) is 25.7 Å². The average Bonchev–Trinajstić information content (AvgIpc) is 2.97. The lowest BCUT2D eigenvalue weighted by molar-refractivity contribution is -0.151. The van der Waals surface area contributed by atoms with Crippen LogP contribution in [0.4, 0.5) is 0 Å². The van der Waals surface area contributed by atoms with Crippen LogP contribution in [0.5, 0.6) is 5.75 Å². The molecule has 0 saturated carbocycles. The molecule has 0 bridgehead atoms. The topological polar surface area (TPSA) is 189 Å². The predicted molar refractivity (Wildman–Crippen MR) is 152 cm³/mol. The van der Waals surface area contributed by atoms with Gasteiger partial charge >= 0.3 is 11.9 Å². The highest BCUT2D eigenvalue weighted by molar-refractivity contribution is 8.00. The molecule has 1 aromatic carbocycles. The fourth-order valence-electron chi connectivity index (χ4n) is 4.65. The number of carbonyl (C=O) groups is 4. The van der Waals surface area contributed by atoms with Gasteiger partial charge in [-0.1, -0.05) is 18.2 Å². The zero-order valence-electron chi connectivity index (χ0n) is 22.7. The molecular weight excluding hydrogens is 568 g/mol. The number of pyridine rings is 2. The number of amides is 2. The van der Waals surface area contributed by atoms with E-state index in [9.17, 15) is 29.1 Å². The van der Waals surface area contributed by atoms with Gasteiger partial charge in [-0.2, -0.15) is 0 Å². The third-order valence-electron chi connectivity index (χ3n) is 6.68. The van der Waals surface area contributed by atoms with Gasteiger partial charge in [-0.15, -0.1) is 11.8 Å². The smallest absolute Gasteiger partial charge is 0.352 e. The highest BCUT2D eigenvalue weighted by atomic mass is 32.2. The van der Waals surface area contributed by atoms with Gasteiger partial charge in [0.15, 0.2) is 6.61 Å². The number of para-hydroxylation sites is 1. The lowest BCUT2D eigenvalue weighted by atomic mass is 10.0. The number of thioether (sulfide) groups is 1.